The number of nitrogens with zero attached hydrogens (tertiary/aromatic N) is 2. The van der Waals surface area contributed by atoms with E-state index < -0.39 is 17.8 Å². The highest BCUT2D eigenvalue weighted by Crippen LogP contribution is 2.32. The maximum atomic E-state index is 13.1. The molecule has 3 rings (SSSR count). The van der Waals surface area contributed by atoms with Gasteiger partial charge in [-0.25, -0.2) is 0 Å². The van der Waals surface area contributed by atoms with E-state index in [4.69, 9.17) is 0 Å². The maximum Gasteiger partial charge on any atom is 0.416 e. The SMILES string of the molecule is O=C1CCC(C(=O)N2CCN(Cc3ccccc3C(F)(F)F)CC2)N1. The van der Waals surface area contributed by atoms with E-state index >= 15 is 0 Å². The quantitative estimate of drug-likeness (QED) is 0.897. The lowest BCUT2D eigenvalue weighted by molar-refractivity contribution is -0.138. The number of piperazine rings is 1. The van der Waals surface area contributed by atoms with Crippen LogP contribution in [0.2, 0.25) is 0 Å². The van der Waals surface area contributed by atoms with Crippen LogP contribution in [0, 0.1) is 0 Å². The molecule has 2 aliphatic rings. The van der Waals surface area contributed by atoms with Crippen molar-refractivity contribution in [3.8, 4) is 0 Å². The molecule has 25 heavy (non-hydrogen) atoms. The first-order valence-electron chi connectivity index (χ1n) is 8.30. The molecule has 0 saturated carbocycles. The number of hydrogen-bond donors (Lipinski definition) is 1. The first kappa shape index (κ1) is 17.7. The van der Waals surface area contributed by atoms with Gasteiger partial charge in [-0.15, -0.1) is 0 Å². The summed E-state index contributed by atoms with van der Waals surface area (Å²) in [6.45, 7) is 2.15. The lowest BCUT2D eigenvalue weighted by atomic mass is 10.1. The summed E-state index contributed by atoms with van der Waals surface area (Å²) in [5.74, 6) is -0.207. The first-order valence-corrected chi connectivity index (χ1v) is 8.30. The van der Waals surface area contributed by atoms with Crippen molar-refractivity contribution in [1.82, 2.24) is 15.1 Å². The molecule has 0 aromatic heterocycles. The van der Waals surface area contributed by atoms with Crippen molar-refractivity contribution in [2.45, 2.75) is 31.6 Å². The monoisotopic (exact) mass is 355 g/mol. The van der Waals surface area contributed by atoms with E-state index in [0.717, 1.165) is 6.07 Å². The van der Waals surface area contributed by atoms with Crippen LogP contribution in [0.3, 0.4) is 0 Å². The number of hydrogen-bond acceptors (Lipinski definition) is 3. The Kier molecular flexibility index (Phi) is 4.99. The van der Waals surface area contributed by atoms with Crippen molar-refractivity contribution in [3.63, 3.8) is 0 Å². The van der Waals surface area contributed by atoms with Crippen molar-refractivity contribution in [3.05, 3.63) is 35.4 Å². The predicted octanol–water partition coefficient (Wildman–Crippen LogP) is 1.63. The minimum atomic E-state index is -4.37. The van der Waals surface area contributed by atoms with E-state index in [-0.39, 0.29) is 23.9 Å². The number of carbonyl (C=O) groups is 2. The van der Waals surface area contributed by atoms with E-state index in [9.17, 15) is 22.8 Å². The Labute approximate surface area is 143 Å². The Balaban J connectivity index is 1.57. The molecule has 5 nitrogen and oxygen atoms in total. The van der Waals surface area contributed by atoms with Gasteiger partial charge in [-0.05, 0) is 18.1 Å². The zero-order valence-electron chi connectivity index (χ0n) is 13.7. The van der Waals surface area contributed by atoms with Crippen LogP contribution in [0.5, 0.6) is 0 Å². The zero-order chi connectivity index (χ0) is 18.0. The van der Waals surface area contributed by atoms with Crippen molar-refractivity contribution in [2.75, 3.05) is 26.2 Å². The van der Waals surface area contributed by atoms with E-state index in [1.54, 1.807) is 11.0 Å². The highest BCUT2D eigenvalue weighted by atomic mass is 19.4. The largest absolute Gasteiger partial charge is 0.416 e. The smallest absolute Gasteiger partial charge is 0.344 e. The number of nitrogens with one attached hydrogen (secondary N) is 1. The topological polar surface area (TPSA) is 52.7 Å². The summed E-state index contributed by atoms with van der Waals surface area (Å²) in [7, 11) is 0. The van der Waals surface area contributed by atoms with Crippen molar-refractivity contribution in [2.24, 2.45) is 0 Å². The summed E-state index contributed by atoms with van der Waals surface area (Å²) >= 11 is 0. The molecule has 0 bridgehead atoms. The number of benzene rings is 1. The lowest BCUT2D eigenvalue weighted by Crippen LogP contribution is -2.53. The van der Waals surface area contributed by atoms with Gasteiger partial charge in [0.25, 0.3) is 0 Å². The summed E-state index contributed by atoms with van der Waals surface area (Å²) in [6.07, 6.45) is -3.49. The maximum absolute atomic E-state index is 13.1. The summed E-state index contributed by atoms with van der Waals surface area (Å²) in [6, 6.07) is 5.13. The van der Waals surface area contributed by atoms with Crippen molar-refractivity contribution < 1.29 is 22.8 Å². The van der Waals surface area contributed by atoms with Crippen molar-refractivity contribution in [1.29, 1.82) is 0 Å². The zero-order valence-corrected chi connectivity index (χ0v) is 13.7. The molecular weight excluding hydrogens is 335 g/mol. The molecule has 1 aromatic carbocycles. The second kappa shape index (κ2) is 7.03. The van der Waals surface area contributed by atoms with Gasteiger partial charge in [-0.1, -0.05) is 18.2 Å². The van der Waals surface area contributed by atoms with Crippen LogP contribution in [0.15, 0.2) is 24.3 Å². The minimum absolute atomic E-state index is 0.0961. The van der Waals surface area contributed by atoms with Gasteiger partial charge in [0, 0.05) is 39.1 Å². The molecule has 1 unspecified atom stereocenters. The molecule has 1 atom stereocenters. The lowest BCUT2D eigenvalue weighted by Gasteiger charge is -2.36. The Bertz CT molecular complexity index is 655. The van der Waals surface area contributed by atoms with Gasteiger partial charge in [0.2, 0.25) is 11.8 Å². The Morgan fingerprint density at radius 2 is 1.84 bits per heavy atom. The molecule has 2 saturated heterocycles. The van der Waals surface area contributed by atoms with Crippen LogP contribution >= 0.6 is 0 Å². The number of halogens is 3. The average molecular weight is 355 g/mol. The predicted molar refractivity (Wildman–Crippen MR) is 84.5 cm³/mol. The van der Waals surface area contributed by atoms with Crippen molar-refractivity contribution >= 4 is 11.8 Å². The molecular formula is C17H20F3N3O2. The fourth-order valence-electron chi connectivity index (χ4n) is 3.32. The van der Waals surface area contributed by atoms with Crippen LogP contribution in [0.4, 0.5) is 13.2 Å². The molecule has 2 fully saturated rings. The number of carbonyl (C=O) groups excluding carboxylic acids is 2. The van der Waals surface area contributed by atoms with Gasteiger partial charge >= 0.3 is 6.18 Å². The summed E-state index contributed by atoms with van der Waals surface area (Å²) in [5.41, 5.74) is -0.361. The van der Waals surface area contributed by atoms with Crippen LogP contribution < -0.4 is 5.32 Å². The standard InChI is InChI=1S/C17H20F3N3O2/c18-17(19,20)13-4-2-1-3-12(13)11-22-7-9-23(10-8-22)16(25)14-5-6-15(24)21-14/h1-4,14H,5-11H2,(H,21,24). The highest BCUT2D eigenvalue weighted by molar-refractivity contribution is 5.90. The molecule has 2 amide bonds. The Morgan fingerprint density at radius 1 is 1.16 bits per heavy atom. The summed E-state index contributed by atoms with van der Waals surface area (Å²) in [4.78, 5) is 27.2. The average Bonchev–Trinajstić information content (AvgIpc) is 3.01. The minimum Gasteiger partial charge on any atom is -0.344 e. The first-order chi connectivity index (χ1) is 11.8. The Hall–Kier alpha value is -2.09. The van der Waals surface area contributed by atoms with Gasteiger partial charge in [-0.2, -0.15) is 13.2 Å². The van der Waals surface area contributed by atoms with Crippen LogP contribution in [0.25, 0.3) is 0 Å². The number of amides is 2. The summed E-state index contributed by atoms with van der Waals surface area (Å²) < 4.78 is 39.2. The van der Waals surface area contributed by atoms with E-state index in [1.165, 1.54) is 12.1 Å². The normalized spacial score (nSPS) is 22.1. The van der Waals surface area contributed by atoms with Gasteiger partial charge < -0.3 is 10.2 Å². The van der Waals surface area contributed by atoms with Crippen LogP contribution in [0.1, 0.15) is 24.0 Å². The molecule has 8 heteroatoms. The molecule has 2 aliphatic heterocycles. The highest BCUT2D eigenvalue weighted by Gasteiger charge is 2.35. The fourth-order valence-corrected chi connectivity index (χ4v) is 3.32. The molecule has 2 heterocycles. The van der Waals surface area contributed by atoms with E-state index in [0.29, 0.717) is 39.0 Å². The molecule has 0 aliphatic carbocycles. The second-order valence-electron chi connectivity index (χ2n) is 6.42. The molecule has 0 radical (unpaired) electrons. The van der Waals surface area contributed by atoms with Gasteiger partial charge in [0.15, 0.2) is 0 Å². The molecule has 0 spiro atoms. The van der Waals surface area contributed by atoms with Crippen LogP contribution in [-0.2, 0) is 22.3 Å². The van der Waals surface area contributed by atoms with Gasteiger partial charge in [-0.3, -0.25) is 14.5 Å². The molecule has 1 aromatic rings. The van der Waals surface area contributed by atoms with Gasteiger partial charge in [0.05, 0.1) is 5.56 Å². The third-order valence-electron chi connectivity index (χ3n) is 4.69. The molecule has 1 N–H and O–H groups in total. The van der Waals surface area contributed by atoms with E-state index in [2.05, 4.69) is 5.32 Å². The Morgan fingerprint density at radius 3 is 2.44 bits per heavy atom. The number of rotatable bonds is 3. The summed E-state index contributed by atoms with van der Waals surface area (Å²) in [5, 5.41) is 2.66. The van der Waals surface area contributed by atoms with Gasteiger partial charge in [0.1, 0.15) is 6.04 Å². The van der Waals surface area contributed by atoms with Crippen LogP contribution in [-0.4, -0.2) is 53.8 Å². The second-order valence-corrected chi connectivity index (χ2v) is 6.42. The fraction of sp³-hybridized carbons (Fsp3) is 0.529. The van der Waals surface area contributed by atoms with E-state index in [1.807, 2.05) is 4.90 Å². The number of alkyl halides is 3. The third kappa shape index (κ3) is 4.12. The molecule has 136 valence electrons. The third-order valence-corrected chi connectivity index (χ3v) is 4.69.